The quantitative estimate of drug-likeness (QED) is 0.122. The van der Waals surface area contributed by atoms with Gasteiger partial charge in [-0.25, -0.2) is 18.3 Å². The number of hydrogen-bond donors (Lipinski definition) is 2. The van der Waals surface area contributed by atoms with Gasteiger partial charge in [0, 0.05) is 27.5 Å². The number of nitriles is 1. The van der Waals surface area contributed by atoms with Crippen molar-refractivity contribution in [2.45, 2.75) is 45.4 Å². The van der Waals surface area contributed by atoms with Gasteiger partial charge in [-0.1, -0.05) is 19.1 Å². The summed E-state index contributed by atoms with van der Waals surface area (Å²) in [5.41, 5.74) is 2.37. The van der Waals surface area contributed by atoms with Crippen molar-refractivity contribution in [2.24, 2.45) is 0 Å². The first kappa shape index (κ1) is 35.5. The highest BCUT2D eigenvalue weighted by atomic mass is 79.9. The highest BCUT2D eigenvalue weighted by molar-refractivity contribution is 7.10. The summed E-state index contributed by atoms with van der Waals surface area (Å²) >= 11 is 1.30. The third kappa shape index (κ3) is 7.97. The van der Waals surface area contributed by atoms with Crippen molar-refractivity contribution < 1.29 is 45.0 Å². The Balaban J connectivity index is 0.00000500. The number of thiazole rings is 1. The Morgan fingerprint density at radius 1 is 1.17 bits per heavy atom. The largest absolute Gasteiger partial charge is 1.00 e. The summed E-state index contributed by atoms with van der Waals surface area (Å²) in [6, 6.07) is 15.9. The Hall–Kier alpha value is -4.35. The Morgan fingerprint density at radius 3 is 2.53 bits per heavy atom. The van der Waals surface area contributed by atoms with Crippen LogP contribution in [0.1, 0.15) is 45.7 Å². The van der Waals surface area contributed by atoms with Gasteiger partial charge < -0.3 is 32.1 Å². The fraction of sp³-hybridized carbons (Fsp3) is 0.265. The Kier molecular flexibility index (Phi) is 11.4. The van der Waals surface area contributed by atoms with Crippen LogP contribution in [-0.2, 0) is 23.5 Å². The van der Waals surface area contributed by atoms with Gasteiger partial charge in [0.2, 0.25) is 6.33 Å². The molecule has 0 fully saturated rings. The maximum absolute atomic E-state index is 15.3. The van der Waals surface area contributed by atoms with Crippen molar-refractivity contribution in [1.82, 2.24) is 20.1 Å². The smallest absolute Gasteiger partial charge is 0.325 e. The average Bonchev–Trinajstić information content (AvgIpc) is 3.70. The van der Waals surface area contributed by atoms with Crippen LogP contribution >= 0.6 is 11.3 Å². The summed E-state index contributed by atoms with van der Waals surface area (Å²) in [7, 11) is 1.67. The van der Waals surface area contributed by atoms with Crippen LogP contribution in [0.3, 0.4) is 0 Å². The van der Waals surface area contributed by atoms with Crippen molar-refractivity contribution in [3.05, 3.63) is 117 Å². The van der Waals surface area contributed by atoms with Gasteiger partial charge in [0.1, 0.15) is 29.5 Å². The Labute approximate surface area is 285 Å². The molecule has 0 bridgehead atoms. The molecule has 47 heavy (non-hydrogen) atoms. The molecule has 0 radical (unpaired) electrons. The zero-order chi connectivity index (χ0) is 33.0. The van der Waals surface area contributed by atoms with Gasteiger partial charge in [-0.15, -0.1) is 16.0 Å². The molecule has 2 heterocycles. The van der Waals surface area contributed by atoms with Crippen LogP contribution in [0.2, 0.25) is 0 Å². The molecule has 9 nitrogen and oxygen atoms in total. The summed E-state index contributed by atoms with van der Waals surface area (Å²) in [4.78, 5) is 16.7. The summed E-state index contributed by atoms with van der Waals surface area (Å²) in [5, 5.41) is 30.9. The molecule has 0 spiro atoms. The first-order valence-electron chi connectivity index (χ1n) is 14.5. The van der Waals surface area contributed by atoms with E-state index in [0.717, 1.165) is 40.5 Å². The number of ether oxygens (including phenoxy) is 1. The second-order valence-electron chi connectivity index (χ2n) is 11.2. The number of nitrogens with one attached hydrogen (secondary N) is 1. The summed E-state index contributed by atoms with van der Waals surface area (Å²) in [6.45, 7) is 5.79. The number of carbonyl (C=O) groups is 1. The first-order chi connectivity index (χ1) is 22.0. The Morgan fingerprint density at radius 2 is 1.87 bits per heavy atom. The molecule has 0 saturated heterocycles. The molecule has 5 aromatic rings. The van der Waals surface area contributed by atoms with Gasteiger partial charge >= 0.3 is 5.97 Å². The van der Waals surface area contributed by atoms with Gasteiger partial charge in [0.15, 0.2) is 0 Å². The highest BCUT2D eigenvalue weighted by Crippen LogP contribution is 2.41. The molecule has 0 saturated carbocycles. The molecule has 244 valence electrons. The van der Waals surface area contributed by atoms with Gasteiger partial charge in [0.05, 0.1) is 35.4 Å². The van der Waals surface area contributed by atoms with Crippen LogP contribution in [0.25, 0.3) is 11.3 Å². The molecule has 13 heteroatoms. The maximum Gasteiger partial charge on any atom is 0.325 e. The molecular weight excluding hydrogens is 690 g/mol. The minimum absolute atomic E-state index is 0. The molecule has 2 atom stereocenters. The van der Waals surface area contributed by atoms with Gasteiger partial charge in [-0.05, 0) is 80.1 Å². The molecule has 0 amide bonds. The van der Waals surface area contributed by atoms with E-state index in [0.29, 0.717) is 28.6 Å². The second kappa shape index (κ2) is 15.0. The monoisotopic (exact) mass is 722 g/mol. The van der Waals surface area contributed by atoms with Crippen LogP contribution in [-0.4, -0.2) is 39.4 Å². The lowest BCUT2D eigenvalue weighted by atomic mass is 9.82. The first-order valence-corrected chi connectivity index (χ1v) is 15.4. The van der Waals surface area contributed by atoms with Crippen LogP contribution < -0.4 is 31.6 Å². The fourth-order valence-electron chi connectivity index (χ4n) is 5.39. The van der Waals surface area contributed by atoms with Gasteiger partial charge in [-0.2, -0.15) is 5.26 Å². The molecule has 3 aromatic carbocycles. The number of hydrogen-bond acceptors (Lipinski definition) is 8. The number of nitrogens with zero attached hydrogens (tertiary/aromatic N) is 5. The van der Waals surface area contributed by atoms with Crippen LogP contribution in [0.4, 0.5) is 8.78 Å². The number of carbonyl (C=O) groups excluding carboxylic acids is 1. The number of likely N-dealkylation sites (N-methyl/N-ethyl adjacent to an activating group) is 1. The minimum atomic E-state index is -1.93. The van der Waals surface area contributed by atoms with E-state index in [-0.39, 0.29) is 41.6 Å². The van der Waals surface area contributed by atoms with E-state index in [9.17, 15) is 14.3 Å². The molecule has 2 N–H and O–H groups in total. The number of aliphatic hydroxyl groups is 1. The van der Waals surface area contributed by atoms with Crippen LogP contribution in [0, 0.1) is 36.8 Å². The fourth-order valence-corrected chi connectivity index (χ4v) is 6.37. The molecule has 2 aromatic heterocycles. The molecule has 0 unspecified atom stereocenters. The van der Waals surface area contributed by atoms with Crippen molar-refractivity contribution in [1.29, 1.82) is 5.26 Å². The average molecular weight is 724 g/mol. The van der Waals surface area contributed by atoms with Crippen molar-refractivity contribution in [2.75, 3.05) is 13.6 Å². The number of aryl methyl sites for hydroxylation is 2. The number of rotatable bonds is 11. The highest BCUT2D eigenvalue weighted by Gasteiger charge is 2.43. The minimum Gasteiger partial charge on any atom is -1.00 e. The number of halogens is 3. The summed E-state index contributed by atoms with van der Waals surface area (Å²) in [5.74, 6) is -2.05. The standard InChI is InChI=1S/C34H33F2N6O3S.BrH/c1-21-11-25(12-22(2)32(21)45-31(43)15-38-4)16-41-19-39-42(20-41)18-34(44,28-13-27(35)9-10-29(28)36)23(3)33-40-30(17-46-33)26-7-5-24(14-37)6-8-26;/h5-13,17,19-20,23,38,44H,15-16,18H2,1-4H3;1H/q+1;/p-1/t23-,34+;/m0./s1. The molecule has 0 aliphatic rings. The molecule has 5 rings (SSSR count). The lowest BCUT2D eigenvalue weighted by molar-refractivity contribution is -0.689. The third-order valence-corrected chi connectivity index (χ3v) is 8.80. The van der Waals surface area contributed by atoms with Gasteiger partial charge in [-0.3, -0.25) is 4.79 Å². The second-order valence-corrected chi connectivity index (χ2v) is 12.1. The maximum atomic E-state index is 15.3. The van der Waals surface area contributed by atoms with Crippen molar-refractivity contribution in [3.8, 4) is 23.1 Å². The molecule has 0 aliphatic carbocycles. The van der Waals surface area contributed by atoms with Crippen molar-refractivity contribution >= 4 is 17.3 Å². The van der Waals surface area contributed by atoms with E-state index in [4.69, 9.17) is 15.0 Å². The predicted molar refractivity (Wildman–Crippen MR) is 168 cm³/mol. The summed E-state index contributed by atoms with van der Waals surface area (Å²) in [6.07, 6.45) is 3.27. The SMILES string of the molecule is CNCC(=O)Oc1c(C)cc(C[n+]2cnn(C[C@](O)(c3cc(F)ccc3F)[C@@H](C)c3nc(-c4ccc(C#N)cc4)cs3)c2)cc1C.[Br-]. The van der Waals surface area contributed by atoms with E-state index in [1.807, 2.05) is 31.4 Å². The summed E-state index contributed by atoms with van der Waals surface area (Å²) < 4.78 is 38.5. The van der Waals surface area contributed by atoms with E-state index in [1.165, 1.54) is 16.0 Å². The van der Waals surface area contributed by atoms with E-state index < -0.39 is 23.2 Å². The zero-order valence-electron chi connectivity index (χ0n) is 26.2. The number of benzene rings is 3. The third-order valence-electron chi connectivity index (χ3n) is 7.77. The van der Waals surface area contributed by atoms with Crippen molar-refractivity contribution in [3.63, 3.8) is 0 Å². The van der Waals surface area contributed by atoms with E-state index in [2.05, 4.69) is 16.5 Å². The predicted octanol–water partition coefficient (Wildman–Crippen LogP) is 1.93. The lowest BCUT2D eigenvalue weighted by Gasteiger charge is -2.32. The topological polar surface area (TPSA) is 117 Å². The van der Waals surface area contributed by atoms with Gasteiger partial charge in [0.25, 0.3) is 6.33 Å². The normalized spacial score (nSPS) is 12.9. The lowest BCUT2D eigenvalue weighted by Crippen LogP contribution is -3.00. The zero-order valence-corrected chi connectivity index (χ0v) is 28.6. The number of aromatic nitrogens is 4. The Bertz CT molecular complexity index is 1900. The van der Waals surface area contributed by atoms with Crippen LogP contribution in [0.5, 0.6) is 5.75 Å². The van der Waals surface area contributed by atoms with E-state index in [1.54, 1.807) is 55.5 Å². The van der Waals surface area contributed by atoms with E-state index >= 15 is 4.39 Å². The number of esters is 1. The molecular formula is C34H33BrF2N6O3S. The van der Waals surface area contributed by atoms with Crippen LogP contribution in [0.15, 0.2) is 72.6 Å². The molecule has 0 aliphatic heterocycles.